The molecule has 9 heteroatoms. The summed E-state index contributed by atoms with van der Waals surface area (Å²) in [7, 11) is 1.91. The number of rotatable bonds is 6. The van der Waals surface area contributed by atoms with Crippen LogP contribution in [-0.2, 0) is 13.0 Å². The fourth-order valence-corrected chi connectivity index (χ4v) is 2.89. The largest absolute Gasteiger partial charge is 0.369 e. The Labute approximate surface area is 150 Å². The van der Waals surface area contributed by atoms with E-state index in [0.717, 1.165) is 12.1 Å². The summed E-state index contributed by atoms with van der Waals surface area (Å²) >= 11 is 0. The number of aliphatic hydroxyl groups is 2. The summed E-state index contributed by atoms with van der Waals surface area (Å²) in [5.41, 5.74) is 2.51. The molecule has 1 aromatic heterocycles. The summed E-state index contributed by atoms with van der Waals surface area (Å²) < 4.78 is 0. The van der Waals surface area contributed by atoms with Crippen LogP contribution in [0.3, 0.4) is 0 Å². The number of aromatic nitrogens is 1. The van der Waals surface area contributed by atoms with E-state index in [9.17, 15) is 20.3 Å². The second-order valence-corrected chi connectivity index (χ2v) is 6.27. The van der Waals surface area contributed by atoms with Crippen LogP contribution in [0.2, 0.25) is 0 Å². The number of benzene rings is 1. The lowest BCUT2D eigenvalue weighted by Gasteiger charge is -2.31. The van der Waals surface area contributed by atoms with Gasteiger partial charge in [-0.3, -0.25) is 15.1 Å². The number of anilines is 2. The molecule has 0 radical (unpaired) electrons. The summed E-state index contributed by atoms with van der Waals surface area (Å²) in [4.78, 5) is 17.0. The Hall–Kier alpha value is -2.75. The maximum absolute atomic E-state index is 11.2. The molecule has 2 aromatic rings. The van der Waals surface area contributed by atoms with Crippen LogP contribution >= 0.6 is 0 Å². The van der Waals surface area contributed by atoms with Crippen LogP contribution in [0, 0.1) is 10.1 Å². The Balaban J connectivity index is 1.78. The van der Waals surface area contributed by atoms with Crippen LogP contribution in [0.4, 0.5) is 17.1 Å². The monoisotopic (exact) mass is 359 g/mol. The minimum absolute atomic E-state index is 0.0743. The molecule has 0 amide bonds. The van der Waals surface area contributed by atoms with Crippen LogP contribution in [0.25, 0.3) is 0 Å². The number of hydrogen-bond acceptors (Lipinski definition) is 8. The average molecular weight is 359 g/mol. The van der Waals surface area contributed by atoms with E-state index < -0.39 is 17.4 Å². The van der Waals surface area contributed by atoms with Gasteiger partial charge in [-0.25, -0.2) is 0 Å². The number of aliphatic hydroxyl groups excluding tert-OH is 2. The van der Waals surface area contributed by atoms with Gasteiger partial charge < -0.3 is 25.7 Å². The van der Waals surface area contributed by atoms with E-state index >= 15 is 0 Å². The van der Waals surface area contributed by atoms with E-state index in [-0.39, 0.29) is 5.69 Å². The number of pyridine rings is 1. The second kappa shape index (κ2) is 7.65. The summed E-state index contributed by atoms with van der Waals surface area (Å²) in [6.45, 7) is 1.15. The molecule has 2 heterocycles. The fraction of sp³-hybridized carbons (Fsp3) is 0.353. The fourth-order valence-electron chi connectivity index (χ4n) is 2.89. The zero-order valence-corrected chi connectivity index (χ0v) is 14.3. The van der Waals surface area contributed by atoms with Crippen molar-refractivity contribution in [3.63, 3.8) is 0 Å². The van der Waals surface area contributed by atoms with Crippen molar-refractivity contribution in [2.24, 2.45) is 0 Å². The molecule has 1 aliphatic rings. The minimum Gasteiger partial charge on any atom is -0.369 e. The van der Waals surface area contributed by atoms with Gasteiger partial charge in [0, 0.05) is 43.5 Å². The lowest BCUT2D eigenvalue weighted by atomic mass is 10.1. The number of nitrogens with one attached hydrogen (secondary N) is 2. The molecule has 1 aromatic carbocycles. The smallest absolute Gasteiger partial charge is 0.271 e. The molecule has 26 heavy (non-hydrogen) atoms. The van der Waals surface area contributed by atoms with Crippen molar-refractivity contribution in [3.8, 4) is 0 Å². The van der Waals surface area contributed by atoms with E-state index in [1.165, 1.54) is 12.1 Å². The highest BCUT2D eigenvalue weighted by molar-refractivity contribution is 5.78. The molecule has 4 N–H and O–H groups in total. The van der Waals surface area contributed by atoms with Crippen LogP contribution in [0.5, 0.6) is 0 Å². The Morgan fingerprint density at radius 2 is 2.04 bits per heavy atom. The second-order valence-electron chi connectivity index (χ2n) is 6.27. The van der Waals surface area contributed by atoms with Crippen molar-refractivity contribution >= 4 is 17.1 Å². The van der Waals surface area contributed by atoms with Crippen molar-refractivity contribution in [3.05, 3.63) is 57.9 Å². The Kier molecular flexibility index (Phi) is 5.31. The van der Waals surface area contributed by atoms with Crippen LogP contribution in [-0.4, -0.2) is 51.1 Å². The highest BCUT2D eigenvalue weighted by atomic mass is 16.6. The molecule has 9 nitrogen and oxygen atoms in total. The summed E-state index contributed by atoms with van der Waals surface area (Å²) in [6, 6.07) is 8.57. The van der Waals surface area contributed by atoms with Crippen LogP contribution < -0.4 is 10.6 Å². The predicted octanol–water partition coefficient (Wildman–Crippen LogP) is 1.14. The zero-order chi connectivity index (χ0) is 18.7. The lowest BCUT2D eigenvalue weighted by molar-refractivity contribution is -0.384. The van der Waals surface area contributed by atoms with Gasteiger partial charge >= 0.3 is 0 Å². The minimum atomic E-state index is -1.24. The first-order chi connectivity index (χ1) is 12.4. The van der Waals surface area contributed by atoms with E-state index in [1.807, 2.05) is 30.1 Å². The van der Waals surface area contributed by atoms with Gasteiger partial charge in [0.1, 0.15) is 0 Å². The SMILES string of the molecule is CN(CCc1ccccn1)Cc1cc([N+](=O)[O-])cc2c1NC(O)C(O)N2. The van der Waals surface area contributed by atoms with Crippen molar-refractivity contribution in [2.75, 3.05) is 24.2 Å². The number of non-ortho nitro benzene ring substituents is 1. The molecular weight excluding hydrogens is 338 g/mol. The van der Waals surface area contributed by atoms with Gasteiger partial charge in [-0.1, -0.05) is 6.07 Å². The van der Waals surface area contributed by atoms with Gasteiger partial charge in [0.2, 0.25) is 0 Å². The number of fused-ring (bicyclic) bond motifs is 1. The molecule has 0 aliphatic carbocycles. The van der Waals surface area contributed by atoms with Gasteiger partial charge in [-0.15, -0.1) is 0 Å². The van der Waals surface area contributed by atoms with Crippen molar-refractivity contribution in [1.29, 1.82) is 0 Å². The van der Waals surface area contributed by atoms with Crippen LogP contribution in [0.15, 0.2) is 36.5 Å². The zero-order valence-electron chi connectivity index (χ0n) is 14.3. The van der Waals surface area contributed by atoms with Crippen molar-refractivity contribution in [2.45, 2.75) is 25.4 Å². The number of nitro benzene ring substituents is 1. The molecule has 2 unspecified atom stereocenters. The Morgan fingerprint density at radius 1 is 1.27 bits per heavy atom. The first-order valence-electron chi connectivity index (χ1n) is 8.23. The lowest BCUT2D eigenvalue weighted by Crippen LogP contribution is -2.43. The topological polar surface area (TPSA) is 124 Å². The summed E-state index contributed by atoms with van der Waals surface area (Å²) in [6.07, 6.45) is 0.0662. The molecule has 0 saturated carbocycles. The van der Waals surface area contributed by atoms with Gasteiger partial charge in [0.15, 0.2) is 12.5 Å². The van der Waals surface area contributed by atoms with Gasteiger partial charge in [-0.2, -0.15) is 0 Å². The number of nitro groups is 1. The number of likely N-dealkylation sites (N-methyl/N-ethyl adjacent to an activating group) is 1. The van der Waals surface area contributed by atoms with E-state index in [0.29, 0.717) is 30.0 Å². The standard InChI is InChI=1S/C17H21N5O4/c1-21(7-5-12-4-2-3-6-18-12)10-11-8-13(22(25)26)9-14-15(11)20-17(24)16(23)19-14/h2-4,6,8-9,16-17,19-20,23-24H,5,7,10H2,1H3. The highest BCUT2D eigenvalue weighted by Gasteiger charge is 2.28. The third-order valence-electron chi connectivity index (χ3n) is 4.23. The molecular formula is C17H21N5O4. The Bertz CT molecular complexity index is 786. The Morgan fingerprint density at radius 3 is 2.73 bits per heavy atom. The molecule has 138 valence electrons. The molecule has 0 saturated heterocycles. The quantitative estimate of drug-likeness (QED) is 0.447. The van der Waals surface area contributed by atoms with Crippen molar-refractivity contribution < 1.29 is 15.1 Å². The van der Waals surface area contributed by atoms with Gasteiger partial charge in [-0.05, 0) is 24.7 Å². The van der Waals surface area contributed by atoms with Crippen molar-refractivity contribution in [1.82, 2.24) is 9.88 Å². The van der Waals surface area contributed by atoms with E-state index in [2.05, 4.69) is 15.6 Å². The van der Waals surface area contributed by atoms with Gasteiger partial charge in [0.25, 0.3) is 5.69 Å². The number of hydrogen-bond donors (Lipinski definition) is 4. The van der Waals surface area contributed by atoms with E-state index in [4.69, 9.17) is 0 Å². The predicted molar refractivity (Wildman–Crippen MR) is 96.6 cm³/mol. The number of nitrogens with zero attached hydrogens (tertiary/aromatic N) is 3. The summed E-state index contributed by atoms with van der Waals surface area (Å²) in [5, 5.41) is 36.3. The molecule has 0 fully saturated rings. The normalized spacial score (nSPS) is 18.8. The first kappa shape index (κ1) is 18.1. The first-order valence-corrected chi connectivity index (χ1v) is 8.23. The van der Waals surface area contributed by atoms with Crippen LogP contribution in [0.1, 0.15) is 11.3 Å². The third-order valence-corrected chi connectivity index (χ3v) is 4.23. The molecule has 0 spiro atoms. The highest BCUT2D eigenvalue weighted by Crippen LogP contribution is 2.35. The third kappa shape index (κ3) is 4.07. The molecule has 2 atom stereocenters. The molecule has 1 aliphatic heterocycles. The molecule has 3 rings (SSSR count). The van der Waals surface area contributed by atoms with E-state index in [1.54, 1.807) is 6.20 Å². The maximum atomic E-state index is 11.2. The van der Waals surface area contributed by atoms with Gasteiger partial charge in [0.05, 0.1) is 16.3 Å². The summed E-state index contributed by atoms with van der Waals surface area (Å²) in [5.74, 6) is 0. The molecule has 0 bridgehead atoms. The average Bonchev–Trinajstić information content (AvgIpc) is 2.62. The maximum Gasteiger partial charge on any atom is 0.271 e.